The molecule has 0 bridgehead atoms. The predicted octanol–water partition coefficient (Wildman–Crippen LogP) is 1.24. The number of hydrogen-bond donors (Lipinski definition) is 1. The monoisotopic (exact) mass is 183 g/mol. The lowest BCUT2D eigenvalue weighted by atomic mass is 10.1. The molecule has 0 unspecified atom stereocenters. The SMILES string of the molecule is COCC(=O)c1cc(F)ccc1N. The van der Waals surface area contributed by atoms with Crippen LogP contribution in [0.15, 0.2) is 18.2 Å². The maximum absolute atomic E-state index is 12.7. The Morgan fingerprint density at radius 2 is 2.31 bits per heavy atom. The number of nitrogens with two attached hydrogens (primary N) is 1. The van der Waals surface area contributed by atoms with Gasteiger partial charge >= 0.3 is 0 Å². The molecular formula is C9H10FNO2. The molecule has 70 valence electrons. The van der Waals surface area contributed by atoms with Gasteiger partial charge in [0.1, 0.15) is 12.4 Å². The van der Waals surface area contributed by atoms with Crippen LogP contribution in [-0.4, -0.2) is 19.5 Å². The third kappa shape index (κ3) is 2.26. The highest BCUT2D eigenvalue weighted by Gasteiger charge is 2.09. The van der Waals surface area contributed by atoms with Crippen LogP contribution in [0.2, 0.25) is 0 Å². The summed E-state index contributed by atoms with van der Waals surface area (Å²) in [6, 6.07) is 3.67. The van der Waals surface area contributed by atoms with E-state index in [2.05, 4.69) is 4.74 Å². The molecule has 0 aliphatic rings. The molecule has 13 heavy (non-hydrogen) atoms. The van der Waals surface area contributed by atoms with Crippen molar-refractivity contribution in [3.05, 3.63) is 29.6 Å². The first-order chi connectivity index (χ1) is 6.15. The summed E-state index contributed by atoms with van der Waals surface area (Å²) in [7, 11) is 1.40. The van der Waals surface area contributed by atoms with Crippen molar-refractivity contribution >= 4 is 11.5 Å². The van der Waals surface area contributed by atoms with Crippen molar-refractivity contribution in [2.45, 2.75) is 0 Å². The van der Waals surface area contributed by atoms with Gasteiger partial charge in [-0.1, -0.05) is 0 Å². The smallest absolute Gasteiger partial charge is 0.190 e. The molecule has 0 aliphatic carbocycles. The highest BCUT2D eigenvalue weighted by atomic mass is 19.1. The number of methoxy groups -OCH3 is 1. The van der Waals surface area contributed by atoms with E-state index in [9.17, 15) is 9.18 Å². The lowest BCUT2D eigenvalue weighted by molar-refractivity contribution is 0.0848. The highest BCUT2D eigenvalue weighted by molar-refractivity contribution is 6.01. The molecule has 0 aromatic heterocycles. The van der Waals surface area contributed by atoms with Gasteiger partial charge in [-0.3, -0.25) is 4.79 Å². The van der Waals surface area contributed by atoms with Gasteiger partial charge in [-0.05, 0) is 18.2 Å². The van der Waals surface area contributed by atoms with E-state index >= 15 is 0 Å². The van der Waals surface area contributed by atoms with E-state index in [-0.39, 0.29) is 23.6 Å². The quantitative estimate of drug-likeness (QED) is 0.566. The summed E-state index contributed by atoms with van der Waals surface area (Å²) in [5, 5.41) is 0. The van der Waals surface area contributed by atoms with E-state index in [1.54, 1.807) is 0 Å². The van der Waals surface area contributed by atoms with Gasteiger partial charge in [-0.2, -0.15) is 0 Å². The second-order valence-corrected chi connectivity index (χ2v) is 2.59. The lowest BCUT2D eigenvalue weighted by Crippen LogP contribution is -2.10. The number of ketones is 1. The molecule has 0 saturated heterocycles. The highest BCUT2D eigenvalue weighted by Crippen LogP contribution is 2.13. The summed E-state index contributed by atoms with van der Waals surface area (Å²) in [6.07, 6.45) is 0. The van der Waals surface area contributed by atoms with Gasteiger partial charge in [-0.25, -0.2) is 4.39 Å². The lowest BCUT2D eigenvalue weighted by Gasteiger charge is -2.03. The van der Waals surface area contributed by atoms with Crippen LogP contribution in [0.4, 0.5) is 10.1 Å². The summed E-state index contributed by atoms with van der Waals surface area (Å²) < 4.78 is 17.3. The van der Waals surface area contributed by atoms with Crippen molar-refractivity contribution in [1.29, 1.82) is 0 Å². The van der Waals surface area contributed by atoms with Gasteiger partial charge < -0.3 is 10.5 Å². The number of carbonyl (C=O) groups is 1. The van der Waals surface area contributed by atoms with E-state index in [4.69, 9.17) is 5.73 Å². The molecule has 1 aromatic rings. The minimum Gasteiger partial charge on any atom is -0.398 e. The van der Waals surface area contributed by atoms with Crippen LogP contribution in [-0.2, 0) is 4.74 Å². The molecule has 0 aliphatic heterocycles. The predicted molar refractivity (Wildman–Crippen MR) is 47.0 cm³/mol. The van der Waals surface area contributed by atoms with Crippen molar-refractivity contribution in [3.63, 3.8) is 0 Å². The second kappa shape index (κ2) is 4.00. The fraction of sp³-hybridized carbons (Fsp3) is 0.222. The van der Waals surface area contributed by atoms with Crippen LogP contribution in [0.5, 0.6) is 0 Å². The van der Waals surface area contributed by atoms with Gasteiger partial charge in [0.25, 0.3) is 0 Å². The number of nitrogen functional groups attached to an aromatic ring is 1. The van der Waals surface area contributed by atoms with Crippen LogP contribution in [0.25, 0.3) is 0 Å². The molecule has 0 fully saturated rings. The minimum absolute atomic E-state index is 0.0896. The Balaban J connectivity index is 2.99. The average molecular weight is 183 g/mol. The fourth-order valence-corrected chi connectivity index (χ4v) is 0.979. The molecule has 0 radical (unpaired) electrons. The van der Waals surface area contributed by atoms with Crippen molar-refractivity contribution in [2.75, 3.05) is 19.5 Å². The van der Waals surface area contributed by atoms with E-state index in [0.717, 1.165) is 6.07 Å². The topological polar surface area (TPSA) is 52.3 Å². The number of halogens is 1. The molecule has 1 rings (SSSR count). The number of Topliss-reactive ketones (excluding diaryl/α,β-unsaturated/α-hetero) is 1. The van der Waals surface area contributed by atoms with Crippen LogP contribution >= 0.6 is 0 Å². The number of anilines is 1. The average Bonchev–Trinajstić information content (AvgIpc) is 2.09. The van der Waals surface area contributed by atoms with Gasteiger partial charge in [0.15, 0.2) is 5.78 Å². The normalized spacial score (nSPS) is 10.0. The standard InChI is InChI=1S/C9H10FNO2/c1-13-5-9(12)7-4-6(10)2-3-8(7)11/h2-4H,5,11H2,1H3. The first kappa shape index (κ1) is 9.67. The van der Waals surface area contributed by atoms with Gasteiger partial charge in [0, 0.05) is 18.4 Å². The van der Waals surface area contributed by atoms with Crippen LogP contribution in [0.1, 0.15) is 10.4 Å². The summed E-state index contributed by atoms with van der Waals surface area (Å²) in [5.74, 6) is -0.798. The zero-order chi connectivity index (χ0) is 9.84. The van der Waals surface area contributed by atoms with E-state index in [1.165, 1.54) is 19.2 Å². The van der Waals surface area contributed by atoms with Crippen molar-refractivity contribution in [3.8, 4) is 0 Å². The molecule has 3 nitrogen and oxygen atoms in total. The Hall–Kier alpha value is -1.42. The minimum atomic E-state index is -0.478. The fourth-order valence-electron chi connectivity index (χ4n) is 0.979. The van der Waals surface area contributed by atoms with E-state index in [0.29, 0.717) is 0 Å². The summed E-state index contributed by atoms with van der Waals surface area (Å²) in [4.78, 5) is 11.2. The molecule has 0 amide bonds. The summed E-state index contributed by atoms with van der Waals surface area (Å²) in [6.45, 7) is -0.0896. The summed E-state index contributed by atoms with van der Waals surface area (Å²) >= 11 is 0. The van der Waals surface area contributed by atoms with Crippen molar-refractivity contribution < 1.29 is 13.9 Å². The number of benzene rings is 1. The maximum Gasteiger partial charge on any atom is 0.190 e. The second-order valence-electron chi connectivity index (χ2n) is 2.59. The Bertz CT molecular complexity index is 325. The molecule has 2 N–H and O–H groups in total. The largest absolute Gasteiger partial charge is 0.398 e. The Morgan fingerprint density at radius 1 is 1.62 bits per heavy atom. The van der Waals surface area contributed by atoms with Crippen LogP contribution < -0.4 is 5.73 Å². The summed E-state index contributed by atoms with van der Waals surface area (Å²) in [5.41, 5.74) is 5.91. The van der Waals surface area contributed by atoms with Gasteiger partial charge in [0.2, 0.25) is 0 Å². The zero-order valence-corrected chi connectivity index (χ0v) is 7.21. The third-order valence-electron chi connectivity index (χ3n) is 1.59. The van der Waals surface area contributed by atoms with Gasteiger partial charge in [-0.15, -0.1) is 0 Å². The molecule has 0 saturated carbocycles. The number of carbonyl (C=O) groups excluding carboxylic acids is 1. The zero-order valence-electron chi connectivity index (χ0n) is 7.21. The van der Waals surface area contributed by atoms with Gasteiger partial charge in [0.05, 0.1) is 0 Å². The Morgan fingerprint density at radius 3 is 2.92 bits per heavy atom. The number of ether oxygens (including phenoxy) is 1. The molecule has 0 spiro atoms. The maximum atomic E-state index is 12.7. The first-order valence-electron chi connectivity index (χ1n) is 3.72. The third-order valence-corrected chi connectivity index (χ3v) is 1.59. The number of rotatable bonds is 3. The van der Waals surface area contributed by atoms with Crippen molar-refractivity contribution in [1.82, 2.24) is 0 Å². The van der Waals surface area contributed by atoms with E-state index < -0.39 is 5.82 Å². The Labute approximate surface area is 75.3 Å². The first-order valence-corrected chi connectivity index (χ1v) is 3.72. The Kier molecular flexibility index (Phi) is 2.97. The van der Waals surface area contributed by atoms with Crippen molar-refractivity contribution in [2.24, 2.45) is 0 Å². The molecule has 1 aromatic carbocycles. The van der Waals surface area contributed by atoms with E-state index in [1.807, 2.05) is 0 Å². The number of hydrogen-bond acceptors (Lipinski definition) is 3. The molecule has 0 heterocycles. The molecular weight excluding hydrogens is 173 g/mol. The molecule has 4 heteroatoms. The van der Waals surface area contributed by atoms with Crippen LogP contribution in [0, 0.1) is 5.82 Å². The van der Waals surface area contributed by atoms with Crippen LogP contribution in [0.3, 0.4) is 0 Å². The molecule has 0 atom stereocenters.